The summed E-state index contributed by atoms with van der Waals surface area (Å²) in [6, 6.07) is 12.6. The van der Waals surface area contributed by atoms with E-state index in [1.165, 1.54) is 11.0 Å². The van der Waals surface area contributed by atoms with Crippen molar-refractivity contribution in [3.05, 3.63) is 83.4 Å². The highest BCUT2D eigenvalue weighted by atomic mass is 19.1. The molecule has 1 amide bonds. The molecule has 0 unspecified atom stereocenters. The third-order valence-corrected chi connectivity index (χ3v) is 5.58. The summed E-state index contributed by atoms with van der Waals surface area (Å²) in [5, 5.41) is 0. The number of carbonyl (C=O) groups is 1. The lowest BCUT2D eigenvalue weighted by Gasteiger charge is -2.25. The molecule has 0 saturated heterocycles. The Hall–Kier alpha value is -3.41. The number of methoxy groups -OCH3 is 1. The molecule has 2 atom stereocenters. The van der Waals surface area contributed by atoms with Crippen LogP contribution in [0.25, 0.3) is 11.8 Å². The number of hydrogen-bond donors (Lipinski definition) is 0. The summed E-state index contributed by atoms with van der Waals surface area (Å²) >= 11 is 0. The molecule has 1 aromatic heterocycles. The third kappa shape index (κ3) is 3.73. The number of carbonyl (C=O) groups excluding carboxylic acids is 1. The predicted molar refractivity (Wildman–Crippen MR) is 114 cm³/mol. The zero-order valence-corrected chi connectivity index (χ0v) is 17.2. The van der Waals surface area contributed by atoms with Gasteiger partial charge in [-0.05, 0) is 48.2 Å². The van der Waals surface area contributed by atoms with Crippen molar-refractivity contribution in [3.8, 4) is 11.4 Å². The zero-order chi connectivity index (χ0) is 21.3. The van der Waals surface area contributed by atoms with Crippen LogP contribution >= 0.6 is 0 Å². The van der Waals surface area contributed by atoms with E-state index in [0.717, 1.165) is 22.5 Å². The van der Waals surface area contributed by atoms with Crippen LogP contribution in [0.3, 0.4) is 0 Å². The molecule has 154 valence electrons. The van der Waals surface area contributed by atoms with Gasteiger partial charge in [0, 0.05) is 19.3 Å². The summed E-state index contributed by atoms with van der Waals surface area (Å²) in [5.74, 6) is 0.439. The van der Waals surface area contributed by atoms with Crippen molar-refractivity contribution in [1.82, 2.24) is 14.5 Å². The van der Waals surface area contributed by atoms with Gasteiger partial charge in [0.05, 0.1) is 30.9 Å². The van der Waals surface area contributed by atoms with Gasteiger partial charge in [-0.15, -0.1) is 0 Å². The van der Waals surface area contributed by atoms with E-state index in [1.807, 2.05) is 54.1 Å². The number of benzene rings is 2. The Morgan fingerprint density at radius 2 is 2.10 bits per heavy atom. The molecular weight excluding hydrogens is 381 g/mol. The second-order valence-electron chi connectivity index (χ2n) is 7.51. The van der Waals surface area contributed by atoms with E-state index in [9.17, 15) is 9.18 Å². The maximum Gasteiger partial charge on any atom is 0.246 e. The molecule has 0 saturated carbocycles. The normalized spacial score (nSPS) is 17.9. The lowest BCUT2D eigenvalue weighted by molar-refractivity contribution is -0.127. The molecule has 5 nitrogen and oxygen atoms in total. The number of ether oxygens (including phenoxy) is 1. The van der Waals surface area contributed by atoms with Crippen molar-refractivity contribution in [1.29, 1.82) is 0 Å². The van der Waals surface area contributed by atoms with E-state index in [-0.39, 0.29) is 5.91 Å². The van der Waals surface area contributed by atoms with Crippen LogP contribution in [0.2, 0.25) is 0 Å². The number of fused-ring (bicyclic) bond motifs is 1. The first-order valence-corrected chi connectivity index (χ1v) is 9.83. The number of rotatable bonds is 5. The molecule has 0 aliphatic heterocycles. The van der Waals surface area contributed by atoms with E-state index in [4.69, 9.17) is 4.74 Å². The lowest BCUT2D eigenvalue weighted by atomic mass is 10.1. The smallest absolute Gasteiger partial charge is 0.246 e. The number of aryl methyl sites for hydroxylation is 1. The first-order valence-electron chi connectivity index (χ1n) is 9.83. The van der Waals surface area contributed by atoms with Gasteiger partial charge in [-0.1, -0.05) is 30.3 Å². The molecule has 0 spiro atoms. The van der Waals surface area contributed by atoms with Crippen molar-refractivity contribution in [2.45, 2.75) is 25.6 Å². The molecule has 3 aromatic rings. The number of aromatic nitrogens is 2. The highest BCUT2D eigenvalue weighted by Gasteiger charge is 2.36. The van der Waals surface area contributed by atoms with Crippen LogP contribution in [0.5, 0.6) is 5.75 Å². The summed E-state index contributed by atoms with van der Waals surface area (Å²) in [4.78, 5) is 18.4. The van der Waals surface area contributed by atoms with Crippen LogP contribution in [-0.4, -0.2) is 40.6 Å². The van der Waals surface area contributed by atoms with E-state index in [2.05, 4.69) is 4.98 Å². The van der Waals surface area contributed by atoms with Gasteiger partial charge in [0.2, 0.25) is 5.91 Å². The first kappa shape index (κ1) is 19.9. The number of nitrogens with zero attached hydrogens (tertiary/aromatic N) is 3. The Bertz CT molecular complexity index is 1110. The van der Waals surface area contributed by atoms with Gasteiger partial charge in [0.15, 0.2) is 0 Å². The fourth-order valence-corrected chi connectivity index (χ4v) is 3.87. The third-order valence-electron chi connectivity index (χ3n) is 5.58. The highest BCUT2D eigenvalue weighted by Crippen LogP contribution is 2.36. The SMILES string of the molecule is COc1cc(C=CC(=O)N(C)[C@H]2Cc3ccccc3[C@H]2F)ccc1-n1cnc(C)c1. The second-order valence-corrected chi connectivity index (χ2v) is 7.51. The Kier molecular flexibility index (Phi) is 5.40. The van der Waals surface area contributed by atoms with Crippen LogP contribution < -0.4 is 4.74 Å². The number of hydrogen-bond acceptors (Lipinski definition) is 3. The molecule has 30 heavy (non-hydrogen) atoms. The molecule has 4 rings (SSSR count). The van der Waals surface area contributed by atoms with Crippen LogP contribution in [0.4, 0.5) is 4.39 Å². The van der Waals surface area contributed by atoms with Crippen LogP contribution in [0.1, 0.15) is 28.6 Å². The Labute approximate surface area is 175 Å². The molecular formula is C24H24FN3O2. The second kappa shape index (κ2) is 8.14. The highest BCUT2D eigenvalue weighted by molar-refractivity contribution is 5.92. The zero-order valence-electron chi connectivity index (χ0n) is 17.2. The Balaban J connectivity index is 1.49. The molecule has 1 aliphatic rings. The number of alkyl halides is 1. The van der Waals surface area contributed by atoms with Gasteiger partial charge in [-0.25, -0.2) is 9.37 Å². The van der Waals surface area contributed by atoms with Crippen molar-refractivity contribution < 1.29 is 13.9 Å². The lowest BCUT2D eigenvalue weighted by Crippen LogP contribution is -2.37. The summed E-state index contributed by atoms with van der Waals surface area (Å²) in [7, 11) is 3.26. The van der Waals surface area contributed by atoms with Crippen molar-refractivity contribution >= 4 is 12.0 Å². The summed E-state index contributed by atoms with van der Waals surface area (Å²) < 4.78 is 22.2. The molecule has 0 N–H and O–H groups in total. The van der Waals surface area contributed by atoms with Gasteiger partial charge in [-0.3, -0.25) is 4.79 Å². The van der Waals surface area contributed by atoms with Crippen LogP contribution in [-0.2, 0) is 11.2 Å². The molecule has 2 aromatic carbocycles. The maximum atomic E-state index is 14.8. The van der Waals surface area contributed by atoms with Crippen molar-refractivity contribution in [3.63, 3.8) is 0 Å². The maximum absolute atomic E-state index is 14.8. The number of imidazole rings is 1. The topological polar surface area (TPSA) is 47.4 Å². The minimum Gasteiger partial charge on any atom is -0.495 e. The van der Waals surface area contributed by atoms with E-state index >= 15 is 0 Å². The van der Waals surface area contributed by atoms with Gasteiger partial charge in [0.1, 0.15) is 11.9 Å². The predicted octanol–water partition coefficient (Wildman–Crippen LogP) is 4.30. The number of halogens is 1. The summed E-state index contributed by atoms with van der Waals surface area (Å²) in [6.45, 7) is 1.92. The fraction of sp³-hybridized carbons (Fsp3) is 0.250. The van der Waals surface area contributed by atoms with Gasteiger partial charge >= 0.3 is 0 Å². The van der Waals surface area contributed by atoms with E-state index < -0.39 is 12.2 Å². The van der Waals surface area contributed by atoms with Crippen LogP contribution in [0, 0.1) is 6.92 Å². The molecule has 1 heterocycles. The average Bonchev–Trinajstić information content (AvgIpc) is 3.34. The number of amides is 1. The Morgan fingerprint density at radius 1 is 1.30 bits per heavy atom. The largest absolute Gasteiger partial charge is 0.495 e. The van der Waals surface area contributed by atoms with Gasteiger partial charge < -0.3 is 14.2 Å². The van der Waals surface area contributed by atoms with Gasteiger partial charge in [-0.2, -0.15) is 0 Å². The molecule has 0 bridgehead atoms. The Morgan fingerprint density at radius 3 is 2.80 bits per heavy atom. The number of likely N-dealkylation sites (N-methyl/N-ethyl adjacent to an activating group) is 1. The first-order chi connectivity index (χ1) is 14.5. The van der Waals surface area contributed by atoms with Crippen LogP contribution in [0.15, 0.2) is 61.1 Å². The quantitative estimate of drug-likeness (QED) is 0.595. The molecule has 6 heteroatoms. The molecule has 0 fully saturated rings. The van der Waals surface area contributed by atoms with E-state index in [0.29, 0.717) is 17.7 Å². The average molecular weight is 405 g/mol. The minimum absolute atomic E-state index is 0.233. The fourth-order valence-electron chi connectivity index (χ4n) is 3.87. The standard InChI is InChI=1S/C24H24FN3O2/c1-16-14-28(15-26-16)20-10-8-17(12-22(20)30-3)9-11-23(29)27(2)21-13-18-6-4-5-7-19(18)24(21)25/h4-12,14-15,21,24H,13H2,1-3H3/t21-,24+/m0/s1. The summed E-state index contributed by atoms with van der Waals surface area (Å²) in [5.41, 5.74) is 4.24. The monoisotopic (exact) mass is 405 g/mol. The van der Waals surface area contributed by atoms with Crippen molar-refractivity contribution in [2.24, 2.45) is 0 Å². The summed E-state index contributed by atoms with van der Waals surface area (Å²) in [6.07, 6.45) is 6.21. The van der Waals surface area contributed by atoms with Gasteiger partial charge in [0.25, 0.3) is 0 Å². The molecule has 1 aliphatic carbocycles. The minimum atomic E-state index is -1.17. The van der Waals surface area contributed by atoms with E-state index in [1.54, 1.807) is 32.6 Å². The van der Waals surface area contributed by atoms with Crippen molar-refractivity contribution in [2.75, 3.05) is 14.2 Å². The molecule has 0 radical (unpaired) electrons.